The fourth-order valence-electron chi connectivity index (χ4n) is 3.91. The van der Waals surface area contributed by atoms with Gasteiger partial charge in [0.2, 0.25) is 10.0 Å². The Morgan fingerprint density at radius 2 is 1.85 bits per heavy atom. The first-order valence-corrected chi connectivity index (χ1v) is 10.6. The molecule has 1 aliphatic rings. The van der Waals surface area contributed by atoms with E-state index in [9.17, 15) is 8.42 Å². The van der Waals surface area contributed by atoms with Crippen LogP contribution in [0, 0.1) is 13.8 Å². The molecule has 1 unspecified atom stereocenters. The fraction of sp³-hybridized carbons (Fsp3) is 0.333. The van der Waals surface area contributed by atoms with Gasteiger partial charge in [0, 0.05) is 22.6 Å². The van der Waals surface area contributed by atoms with Gasteiger partial charge in [0.15, 0.2) is 0 Å². The van der Waals surface area contributed by atoms with Gasteiger partial charge < -0.3 is 9.72 Å². The van der Waals surface area contributed by atoms with E-state index in [0.717, 1.165) is 23.9 Å². The Labute approximate surface area is 159 Å². The molecule has 1 atom stereocenters. The number of fused-ring (bicyclic) bond motifs is 3. The van der Waals surface area contributed by atoms with Crippen molar-refractivity contribution in [3.8, 4) is 5.75 Å². The average Bonchev–Trinajstić information content (AvgIpc) is 2.98. The number of ether oxygens (including phenoxy) is 1. The number of nitrogens with one attached hydrogen (secondary N) is 2. The number of methoxy groups -OCH3 is 1. The number of sulfonamides is 1. The molecule has 0 fully saturated rings. The SMILES string of the molecule is COc1ccc(C)cc1S(=O)(=O)NC1CCc2[nH]c3ccc(C)cc3c2C1. The van der Waals surface area contributed by atoms with Crippen molar-refractivity contribution in [1.82, 2.24) is 9.71 Å². The van der Waals surface area contributed by atoms with Crippen LogP contribution >= 0.6 is 0 Å². The summed E-state index contributed by atoms with van der Waals surface area (Å²) in [5.41, 5.74) is 5.66. The number of aromatic nitrogens is 1. The van der Waals surface area contributed by atoms with E-state index in [1.807, 2.05) is 13.0 Å². The molecule has 0 amide bonds. The second-order valence-corrected chi connectivity index (χ2v) is 9.03. The Balaban J connectivity index is 1.64. The minimum absolute atomic E-state index is 0.132. The Morgan fingerprint density at radius 3 is 2.63 bits per heavy atom. The van der Waals surface area contributed by atoms with Crippen molar-refractivity contribution in [2.45, 2.75) is 44.0 Å². The molecule has 2 N–H and O–H groups in total. The molecule has 142 valence electrons. The van der Waals surface area contributed by atoms with E-state index in [0.29, 0.717) is 12.2 Å². The highest BCUT2D eigenvalue weighted by atomic mass is 32.2. The van der Waals surface area contributed by atoms with Gasteiger partial charge in [0.05, 0.1) is 7.11 Å². The maximum absolute atomic E-state index is 13.0. The lowest BCUT2D eigenvalue weighted by Gasteiger charge is -2.24. The van der Waals surface area contributed by atoms with Crippen LogP contribution in [0.2, 0.25) is 0 Å². The minimum Gasteiger partial charge on any atom is -0.495 e. The van der Waals surface area contributed by atoms with Crippen molar-refractivity contribution >= 4 is 20.9 Å². The molecule has 0 aliphatic heterocycles. The molecule has 0 bridgehead atoms. The number of benzene rings is 2. The topological polar surface area (TPSA) is 71.2 Å². The maximum Gasteiger partial charge on any atom is 0.244 e. The summed E-state index contributed by atoms with van der Waals surface area (Å²) in [4.78, 5) is 3.69. The van der Waals surface area contributed by atoms with Crippen molar-refractivity contribution in [1.29, 1.82) is 0 Å². The second kappa shape index (κ2) is 6.69. The van der Waals surface area contributed by atoms with E-state index in [2.05, 4.69) is 34.8 Å². The van der Waals surface area contributed by atoms with Crippen LogP contribution in [-0.2, 0) is 22.9 Å². The van der Waals surface area contributed by atoms with Gasteiger partial charge in [-0.1, -0.05) is 17.7 Å². The van der Waals surface area contributed by atoms with E-state index in [-0.39, 0.29) is 10.9 Å². The zero-order valence-electron chi connectivity index (χ0n) is 15.8. The standard InChI is InChI=1S/C21H24N2O3S/c1-13-4-7-18-16(10-13)17-12-15(6-8-19(17)22-18)23-27(24,25)21-11-14(2)5-9-20(21)26-3/h4-5,7,9-11,15,22-23H,6,8,12H2,1-3H3. The molecule has 1 aromatic heterocycles. The zero-order valence-corrected chi connectivity index (χ0v) is 16.6. The van der Waals surface area contributed by atoms with Crippen molar-refractivity contribution in [3.05, 3.63) is 58.8 Å². The Morgan fingerprint density at radius 1 is 1.11 bits per heavy atom. The summed E-state index contributed by atoms with van der Waals surface area (Å²) in [5.74, 6) is 0.368. The number of aromatic amines is 1. The van der Waals surface area contributed by atoms with Crippen molar-refractivity contribution < 1.29 is 13.2 Å². The molecule has 0 spiro atoms. The summed E-state index contributed by atoms with van der Waals surface area (Å²) < 4.78 is 34.2. The van der Waals surface area contributed by atoms with E-state index >= 15 is 0 Å². The third-order valence-electron chi connectivity index (χ3n) is 5.27. The number of aryl methyl sites for hydroxylation is 3. The van der Waals surface area contributed by atoms with Gasteiger partial charge in [-0.25, -0.2) is 13.1 Å². The molecular formula is C21H24N2O3S. The highest BCUT2D eigenvalue weighted by Crippen LogP contribution is 2.31. The summed E-state index contributed by atoms with van der Waals surface area (Å²) in [6.45, 7) is 3.95. The number of hydrogen-bond donors (Lipinski definition) is 2. The summed E-state index contributed by atoms with van der Waals surface area (Å²) in [7, 11) is -2.17. The Hall–Kier alpha value is -2.31. The van der Waals surface area contributed by atoms with Gasteiger partial charge in [0.1, 0.15) is 10.6 Å². The van der Waals surface area contributed by atoms with Crippen LogP contribution in [0.1, 0.15) is 28.8 Å². The molecule has 6 heteroatoms. The number of rotatable bonds is 4. The van der Waals surface area contributed by atoms with Gasteiger partial charge in [0.25, 0.3) is 0 Å². The molecule has 27 heavy (non-hydrogen) atoms. The molecule has 1 heterocycles. The van der Waals surface area contributed by atoms with Crippen LogP contribution in [0.15, 0.2) is 41.3 Å². The van der Waals surface area contributed by atoms with Gasteiger partial charge in [-0.15, -0.1) is 0 Å². The molecular weight excluding hydrogens is 360 g/mol. The summed E-state index contributed by atoms with van der Waals surface area (Å²) in [6, 6.07) is 11.4. The van der Waals surface area contributed by atoms with Crippen LogP contribution in [-0.4, -0.2) is 26.6 Å². The molecule has 2 aromatic carbocycles. The highest BCUT2D eigenvalue weighted by molar-refractivity contribution is 7.89. The van der Waals surface area contributed by atoms with Gasteiger partial charge in [-0.3, -0.25) is 0 Å². The van der Waals surface area contributed by atoms with Crippen molar-refractivity contribution in [3.63, 3.8) is 0 Å². The van der Waals surface area contributed by atoms with E-state index in [4.69, 9.17) is 4.74 Å². The largest absolute Gasteiger partial charge is 0.495 e. The van der Waals surface area contributed by atoms with Crippen LogP contribution in [0.25, 0.3) is 10.9 Å². The Bertz CT molecular complexity index is 1120. The Kier molecular flexibility index (Phi) is 4.48. The van der Waals surface area contributed by atoms with Gasteiger partial charge >= 0.3 is 0 Å². The summed E-state index contributed by atoms with van der Waals surface area (Å²) in [6.07, 6.45) is 2.29. The average molecular weight is 385 g/mol. The molecule has 4 rings (SSSR count). The monoisotopic (exact) mass is 384 g/mol. The van der Waals surface area contributed by atoms with Crippen molar-refractivity contribution in [2.75, 3.05) is 7.11 Å². The predicted octanol–water partition coefficient (Wildman–Crippen LogP) is 3.63. The summed E-state index contributed by atoms with van der Waals surface area (Å²) >= 11 is 0. The number of H-pyrrole nitrogens is 1. The third-order valence-corrected chi connectivity index (χ3v) is 6.82. The molecule has 0 radical (unpaired) electrons. The van der Waals surface area contributed by atoms with Gasteiger partial charge in [-0.2, -0.15) is 0 Å². The van der Waals surface area contributed by atoms with E-state index < -0.39 is 10.0 Å². The predicted molar refractivity (Wildman–Crippen MR) is 107 cm³/mol. The second-order valence-electron chi connectivity index (χ2n) is 7.35. The first kappa shape index (κ1) is 18.1. The molecule has 1 aliphatic carbocycles. The van der Waals surface area contributed by atoms with Crippen LogP contribution < -0.4 is 9.46 Å². The highest BCUT2D eigenvalue weighted by Gasteiger charge is 2.28. The van der Waals surface area contributed by atoms with E-state index in [1.165, 1.54) is 29.3 Å². The first-order valence-electron chi connectivity index (χ1n) is 9.14. The van der Waals surface area contributed by atoms with Crippen molar-refractivity contribution in [2.24, 2.45) is 0 Å². The fourth-order valence-corrected chi connectivity index (χ4v) is 5.43. The lowest BCUT2D eigenvalue weighted by atomic mass is 9.92. The lowest BCUT2D eigenvalue weighted by molar-refractivity contribution is 0.401. The molecule has 3 aromatic rings. The minimum atomic E-state index is -3.66. The quantitative estimate of drug-likeness (QED) is 0.722. The zero-order chi connectivity index (χ0) is 19.2. The maximum atomic E-state index is 13.0. The van der Waals surface area contributed by atoms with E-state index in [1.54, 1.807) is 12.1 Å². The summed E-state index contributed by atoms with van der Waals surface area (Å²) in [5, 5.41) is 1.20. The first-order chi connectivity index (χ1) is 12.9. The molecule has 0 saturated heterocycles. The smallest absolute Gasteiger partial charge is 0.244 e. The third kappa shape index (κ3) is 3.35. The lowest BCUT2D eigenvalue weighted by Crippen LogP contribution is -2.38. The van der Waals surface area contributed by atoms with Gasteiger partial charge in [-0.05, 0) is 68.5 Å². The molecule has 5 nitrogen and oxygen atoms in total. The normalized spacial score (nSPS) is 17.1. The number of hydrogen-bond acceptors (Lipinski definition) is 3. The van der Waals surface area contributed by atoms with Crippen LogP contribution in [0.5, 0.6) is 5.75 Å². The molecule has 0 saturated carbocycles. The van der Waals surface area contributed by atoms with Crippen LogP contribution in [0.4, 0.5) is 0 Å². The van der Waals surface area contributed by atoms with Crippen LogP contribution in [0.3, 0.4) is 0 Å².